The van der Waals surface area contributed by atoms with Gasteiger partial charge in [0.2, 0.25) is 11.7 Å². The highest BCUT2D eigenvalue weighted by molar-refractivity contribution is 8.18. The molecule has 0 unspecified atom stereocenters. The van der Waals surface area contributed by atoms with E-state index in [4.69, 9.17) is 4.74 Å². The topological polar surface area (TPSA) is 139 Å². The van der Waals surface area contributed by atoms with E-state index < -0.39 is 40.0 Å². The van der Waals surface area contributed by atoms with E-state index >= 15 is 0 Å². The molecule has 1 saturated heterocycles. The Labute approximate surface area is 197 Å². The Bertz CT molecular complexity index is 1170. The number of nitrogens with one attached hydrogen (secondary N) is 1. The number of phenols is 1. The molecule has 3 rings (SSSR count). The molecular weight excluding hydrogens is 470 g/mol. The van der Waals surface area contributed by atoms with Crippen molar-refractivity contribution in [3.63, 3.8) is 0 Å². The van der Waals surface area contributed by atoms with E-state index in [2.05, 4.69) is 5.32 Å². The molecule has 1 aliphatic heterocycles. The number of carbonyl (C=O) groups excluding carboxylic acids is 3. The Morgan fingerprint density at radius 3 is 2.76 bits per heavy atom. The Balaban J connectivity index is 1.79. The lowest BCUT2D eigenvalue weighted by atomic mass is 10.1. The van der Waals surface area contributed by atoms with Crippen molar-refractivity contribution < 1.29 is 29.2 Å². The van der Waals surface area contributed by atoms with Gasteiger partial charge in [0.05, 0.1) is 16.4 Å². The zero-order valence-electron chi connectivity index (χ0n) is 17.6. The van der Waals surface area contributed by atoms with Crippen LogP contribution in [0.15, 0.2) is 46.2 Å². The number of phenolic OH excluding ortho intramolecular Hbond substituents is 1. The summed E-state index contributed by atoms with van der Waals surface area (Å²) >= 11 is 2.12. The summed E-state index contributed by atoms with van der Waals surface area (Å²) in [6, 6.07) is 9.51. The Morgan fingerprint density at radius 2 is 2.09 bits per heavy atom. The molecule has 12 heteroatoms. The number of hydrogen-bond acceptors (Lipinski definition) is 9. The fourth-order valence-corrected chi connectivity index (χ4v) is 4.23. The van der Waals surface area contributed by atoms with Crippen LogP contribution >= 0.6 is 23.5 Å². The van der Waals surface area contributed by atoms with Crippen LogP contribution in [0, 0.1) is 10.1 Å². The van der Waals surface area contributed by atoms with Crippen molar-refractivity contribution in [2.24, 2.45) is 0 Å². The van der Waals surface area contributed by atoms with E-state index in [-0.39, 0.29) is 22.8 Å². The first-order valence-electron chi connectivity index (χ1n) is 9.57. The van der Waals surface area contributed by atoms with E-state index in [1.807, 2.05) is 12.3 Å². The van der Waals surface area contributed by atoms with Crippen molar-refractivity contribution in [1.82, 2.24) is 4.90 Å². The summed E-state index contributed by atoms with van der Waals surface area (Å²) < 4.78 is 5.22. The predicted octanol–water partition coefficient (Wildman–Crippen LogP) is 4.10. The number of nitro groups is 1. The lowest BCUT2D eigenvalue weighted by Gasteiger charge is -2.12. The first-order chi connectivity index (χ1) is 15.7. The molecule has 1 fully saturated rings. The largest absolute Gasteiger partial charge is 0.500 e. The van der Waals surface area contributed by atoms with Crippen molar-refractivity contribution in [1.29, 1.82) is 0 Å². The summed E-state index contributed by atoms with van der Waals surface area (Å²) in [6.07, 6.45) is 3.17. The predicted molar refractivity (Wildman–Crippen MR) is 125 cm³/mol. The molecule has 172 valence electrons. The van der Waals surface area contributed by atoms with Crippen LogP contribution in [-0.4, -0.2) is 51.4 Å². The fourth-order valence-electron chi connectivity index (χ4n) is 2.93. The van der Waals surface area contributed by atoms with Gasteiger partial charge in [-0.2, -0.15) is 0 Å². The van der Waals surface area contributed by atoms with Gasteiger partial charge in [-0.15, -0.1) is 11.8 Å². The first kappa shape index (κ1) is 24.1. The Kier molecular flexibility index (Phi) is 7.61. The Hall–Kier alpha value is -3.51. The standard InChI is InChI=1S/C21H19N3O7S2/c1-3-31-16-8-12(7-15(19(16)26)24(29)30)9-17-20(27)23(21(28)33-17)11-18(25)22-13-5-4-6-14(10-13)32-2/h4-10,26H,3,11H2,1-2H3,(H,22,25)/b17-9-. The van der Waals surface area contributed by atoms with Gasteiger partial charge in [-0.05, 0) is 60.8 Å². The first-order valence-corrected chi connectivity index (χ1v) is 11.6. The number of thioether (sulfide) groups is 2. The molecule has 2 N–H and O–H groups in total. The number of imide groups is 1. The molecule has 2 aromatic carbocycles. The van der Waals surface area contributed by atoms with Gasteiger partial charge in [0.25, 0.3) is 11.1 Å². The maximum atomic E-state index is 12.7. The summed E-state index contributed by atoms with van der Waals surface area (Å²) in [6.45, 7) is 1.32. The third-order valence-corrected chi connectivity index (χ3v) is 6.03. The van der Waals surface area contributed by atoms with E-state index in [0.717, 1.165) is 15.9 Å². The highest BCUT2D eigenvalue weighted by Gasteiger charge is 2.36. The molecule has 0 aliphatic carbocycles. The van der Waals surface area contributed by atoms with Gasteiger partial charge in [-0.1, -0.05) is 6.07 Å². The maximum Gasteiger partial charge on any atom is 0.315 e. The third-order valence-electron chi connectivity index (χ3n) is 4.40. The van der Waals surface area contributed by atoms with Gasteiger partial charge >= 0.3 is 5.69 Å². The summed E-state index contributed by atoms with van der Waals surface area (Å²) in [4.78, 5) is 49.6. The van der Waals surface area contributed by atoms with Crippen molar-refractivity contribution in [2.45, 2.75) is 11.8 Å². The highest BCUT2D eigenvalue weighted by atomic mass is 32.2. The van der Waals surface area contributed by atoms with E-state index in [9.17, 15) is 29.6 Å². The number of aromatic hydroxyl groups is 1. The van der Waals surface area contributed by atoms with Gasteiger partial charge in [0.15, 0.2) is 5.75 Å². The summed E-state index contributed by atoms with van der Waals surface area (Å²) in [5.41, 5.74) is 0.124. The number of hydrogen-bond donors (Lipinski definition) is 2. The van der Waals surface area contributed by atoms with Crippen LogP contribution in [0.2, 0.25) is 0 Å². The summed E-state index contributed by atoms with van der Waals surface area (Å²) in [5, 5.41) is 23.2. The summed E-state index contributed by atoms with van der Waals surface area (Å²) in [5.74, 6) is -2.00. The van der Waals surface area contributed by atoms with Gasteiger partial charge in [0.1, 0.15) is 6.54 Å². The number of rotatable bonds is 8. The second kappa shape index (κ2) is 10.4. The van der Waals surface area contributed by atoms with Crippen LogP contribution in [0.4, 0.5) is 16.2 Å². The van der Waals surface area contributed by atoms with E-state index in [0.29, 0.717) is 17.4 Å². The monoisotopic (exact) mass is 489 g/mol. The zero-order valence-corrected chi connectivity index (χ0v) is 19.2. The lowest BCUT2D eigenvalue weighted by molar-refractivity contribution is -0.386. The zero-order chi connectivity index (χ0) is 24.1. The minimum absolute atomic E-state index is 0.0142. The molecule has 2 aromatic rings. The minimum atomic E-state index is -0.780. The lowest BCUT2D eigenvalue weighted by Crippen LogP contribution is -2.36. The minimum Gasteiger partial charge on any atom is -0.500 e. The number of nitrogens with zero attached hydrogens (tertiary/aromatic N) is 2. The molecule has 0 atom stereocenters. The van der Waals surface area contributed by atoms with Gasteiger partial charge in [-0.25, -0.2) is 0 Å². The number of amides is 3. The van der Waals surface area contributed by atoms with E-state index in [1.54, 1.807) is 25.1 Å². The van der Waals surface area contributed by atoms with Crippen LogP contribution in [0.25, 0.3) is 6.08 Å². The molecule has 33 heavy (non-hydrogen) atoms. The fraction of sp³-hybridized carbons (Fsp3) is 0.190. The highest BCUT2D eigenvalue weighted by Crippen LogP contribution is 2.39. The second-order valence-corrected chi connectivity index (χ2v) is 8.50. The average Bonchev–Trinajstić information content (AvgIpc) is 3.03. The summed E-state index contributed by atoms with van der Waals surface area (Å²) in [7, 11) is 0. The van der Waals surface area contributed by atoms with Crippen molar-refractivity contribution in [3.05, 3.63) is 57.0 Å². The third kappa shape index (κ3) is 5.65. The van der Waals surface area contributed by atoms with Crippen molar-refractivity contribution in [3.8, 4) is 11.5 Å². The molecule has 10 nitrogen and oxygen atoms in total. The molecule has 1 aliphatic rings. The van der Waals surface area contributed by atoms with E-state index in [1.165, 1.54) is 23.9 Å². The molecule has 1 heterocycles. The maximum absolute atomic E-state index is 12.7. The molecule has 0 aromatic heterocycles. The second-order valence-electron chi connectivity index (χ2n) is 6.62. The quantitative estimate of drug-likeness (QED) is 0.243. The van der Waals surface area contributed by atoms with Crippen LogP contribution in [0.3, 0.4) is 0 Å². The SMILES string of the molecule is CCOc1cc(/C=C2\SC(=O)N(CC(=O)Nc3cccc(SC)c3)C2=O)cc([N+](=O)[O-])c1O. The van der Waals surface area contributed by atoms with Gasteiger partial charge < -0.3 is 15.2 Å². The number of ether oxygens (including phenoxy) is 1. The molecule has 0 saturated carbocycles. The van der Waals surface area contributed by atoms with Gasteiger partial charge in [0, 0.05) is 16.6 Å². The number of carbonyl (C=O) groups is 3. The molecule has 0 bridgehead atoms. The Morgan fingerprint density at radius 1 is 1.33 bits per heavy atom. The molecule has 3 amide bonds. The van der Waals surface area contributed by atoms with Crippen LogP contribution in [0.1, 0.15) is 12.5 Å². The smallest absolute Gasteiger partial charge is 0.315 e. The number of nitro benzene ring substituents is 1. The normalized spacial score (nSPS) is 14.6. The molecule has 0 spiro atoms. The van der Waals surface area contributed by atoms with Crippen LogP contribution < -0.4 is 10.1 Å². The average molecular weight is 490 g/mol. The molecule has 0 radical (unpaired) electrons. The van der Waals surface area contributed by atoms with Crippen LogP contribution in [-0.2, 0) is 9.59 Å². The van der Waals surface area contributed by atoms with Crippen LogP contribution in [0.5, 0.6) is 11.5 Å². The molecular formula is C21H19N3O7S2. The number of benzene rings is 2. The van der Waals surface area contributed by atoms with Gasteiger partial charge in [-0.3, -0.25) is 29.4 Å². The number of anilines is 1. The van der Waals surface area contributed by atoms with Crippen molar-refractivity contribution in [2.75, 3.05) is 24.7 Å². The van der Waals surface area contributed by atoms with Crippen molar-refractivity contribution >= 4 is 58.0 Å².